The first-order valence-corrected chi connectivity index (χ1v) is 10.5. The molecule has 1 aromatic carbocycles. The molecule has 1 aromatic heterocycles. The second kappa shape index (κ2) is 5.91. The number of isothiocyanates is 1. The average Bonchev–Trinajstić information content (AvgIpc) is 2.77. The SMILES string of the molecule is COc1ccc2c(c1)c(CCN=C=S)cn2[Si](C)(C)C. The Morgan fingerprint density at radius 2 is 2.10 bits per heavy atom. The Morgan fingerprint density at radius 1 is 1.35 bits per heavy atom. The number of thiocarbonyl (C=S) groups is 1. The second-order valence-electron chi connectivity index (χ2n) is 5.80. The highest BCUT2D eigenvalue weighted by Crippen LogP contribution is 2.28. The third kappa shape index (κ3) is 3.01. The van der Waals surface area contributed by atoms with E-state index in [0.29, 0.717) is 6.54 Å². The molecule has 0 unspecified atom stereocenters. The van der Waals surface area contributed by atoms with Gasteiger partial charge >= 0.3 is 0 Å². The first-order chi connectivity index (χ1) is 9.47. The van der Waals surface area contributed by atoms with Crippen molar-refractivity contribution in [3.63, 3.8) is 0 Å². The molecule has 0 amide bonds. The Bertz CT molecular complexity index is 666. The molecule has 20 heavy (non-hydrogen) atoms. The van der Waals surface area contributed by atoms with Gasteiger partial charge in [0.1, 0.15) is 5.75 Å². The second-order valence-corrected chi connectivity index (χ2v) is 10.8. The molecule has 0 fully saturated rings. The largest absolute Gasteiger partial charge is 0.497 e. The monoisotopic (exact) mass is 304 g/mol. The summed E-state index contributed by atoms with van der Waals surface area (Å²) in [5.74, 6) is 0.894. The van der Waals surface area contributed by atoms with Crippen molar-refractivity contribution in [1.29, 1.82) is 0 Å². The van der Waals surface area contributed by atoms with Gasteiger partial charge in [0, 0.05) is 10.9 Å². The van der Waals surface area contributed by atoms with Crippen molar-refractivity contribution >= 4 is 36.5 Å². The van der Waals surface area contributed by atoms with Gasteiger partial charge < -0.3 is 8.97 Å². The molecule has 0 atom stereocenters. The molecular formula is C15H20N2OSSi. The number of aliphatic imine (C=N–C) groups is 1. The summed E-state index contributed by atoms with van der Waals surface area (Å²) < 4.78 is 7.79. The number of nitrogens with zero attached hydrogens (tertiary/aromatic N) is 2. The van der Waals surface area contributed by atoms with Crippen molar-refractivity contribution in [1.82, 2.24) is 4.23 Å². The maximum Gasteiger partial charge on any atom is 0.152 e. The first kappa shape index (κ1) is 15.0. The fourth-order valence-corrected chi connectivity index (χ4v) is 3.93. The first-order valence-electron chi connectivity index (χ1n) is 6.69. The van der Waals surface area contributed by atoms with Gasteiger partial charge in [0.05, 0.1) is 18.8 Å². The summed E-state index contributed by atoms with van der Waals surface area (Å²) in [6.45, 7) is 7.71. The van der Waals surface area contributed by atoms with Gasteiger partial charge in [-0.05, 0) is 48.6 Å². The van der Waals surface area contributed by atoms with Gasteiger partial charge in [0.15, 0.2) is 8.24 Å². The fourth-order valence-electron chi connectivity index (χ4n) is 2.38. The normalized spacial score (nSPS) is 11.4. The van der Waals surface area contributed by atoms with E-state index in [1.807, 2.05) is 6.07 Å². The number of aromatic nitrogens is 1. The molecule has 0 saturated heterocycles. The van der Waals surface area contributed by atoms with Crippen molar-refractivity contribution in [2.75, 3.05) is 13.7 Å². The highest BCUT2D eigenvalue weighted by molar-refractivity contribution is 7.78. The van der Waals surface area contributed by atoms with Crippen LogP contribution in [-0.2, 0) is 6.42 Å². The predicted octanol–water partition coefficient (Wildman–Crippen LogP) is 3.98. The summed E-state index contributed by atoms with van der Waals surface area (Å²) in [5, 5.41) is 3.69. The van der Waals surface area contributed by atoms with Crippen LogP contribution in [-0.4, -0.2) is 31.3 Å². The topological polar surface area (TPSA) is 26.5 Å². The van der Waals surface area contributed by atoms with Gasteiger partial charge in [-0.2, -0.15) is 0 Å². The smallest absolute Gasteiger partial charge is 0.152 e. The van der Waals surface area contributed by atoms with Crippen LogP contribution >= 0.6 is 12.2 Å². The minimum Gasteiger partial charge on any atom is -0.497 e. The lowest BCUT2D eigenvalue weighted by molar-refractivity contribution is 0.415. The van der Waals surface area contributed by atoms with Crippen LogP contribution in [0.2, 0.25) is 19.6 Å². The molecule has 0 aliphatic heterocycles. The Hall–Kier alpha value is -1.42. The van der Waals surface area contributed by atoms with E-state index < -0.39 is 8.24 Å². The maximum atomic E-state index is 5.35. The average molecular weight is 304 g/mol. The van der Waals surface area contributed by atoms with Crippen LogP contribution in [0.15, 0.2) is 29.4 Å². The van der Waals surface area contributed by atoms with E-state index in [0.717, 1.165) is 12.2 Å². The zero-order chi connectivity index (χ0) is 14.8. The molecule has 0 aliphatic rings. The van der Waals surface area contributed by atoms with Gasteiger partial charge in [0.25, 0.3) is 0 Å². The standard InChI is InChI=1S/C15H20N2OSSi/c1-18-13-5-6-15-14(9-13)12(7-8-16-11-19)10-17(15)20(2,3)4/h5-6,9-10H,7-8H2,1-4H3. The van der Waals surface area contributed by atoms with Crippen LogP contribution in [0.5, 0.6) is 5.75 Å². The third-order valence-electron chi connectivity index (χ3n) is 3.37. The summed E-state index contributed by atoms with van der Waals surface area (Å²) in [7, 11) is 0.258. The Balaban J connectivity index is 2.57. The molecule has 106 valence electrons. The van der Waals surface area contributed by atoms with Gasteiger partial charge in [-0.25, -0.2) is 4.99 Å². The molecule has 1 heterocycles. The van der Waals surface area contributed by atoms with Crippen LogP contribution in [0, 0.1) is 0 Å². The molecule has 2 rings (SSSR count). The van der Waals surface area contributed by atoms with Crippen LogP contribution < -0.4 is 4.74 Å². The highest BCUT2D eigenvalue weighted by atomic mass is 32.1. The van der Waals surface area contributed by atoms with Crippen molar-refractivity contribution in [2.24, 2.45) is 4.99 Å². The minimum absolute atomic E-state index is 0.686. The number of hydrogen-bond acceptors (Lipinski definition) is 3. The van der Waals surface area contributed by atoms with Crippen LogP contribution in [0.3, 0.4) is 0 Å². The van der Waals surface area contributed by atoms with E-state index in [4.69, 9.17) is 4.74 Å². The van der Waals surface area contributed by atoms with Crippen molar-refractivity contribution < 1.29 is 4.74 Å². The molecule has 0 radical (unpaired) electrons. The van der Waals surface area contributed by atoms with Crippen molar-refractivity contribution in [3.8, 4) is 5.75 Å². The van der Waals surface area contributed by atoms with Crippen LogP contribution in [0.4, 0.5) is 0 Å². The lowest BCUT2D eigenvalue weighted by atomic mass is 10.1. The summed E-state index contributed by atoms with van der Waals surface area (Å²) in [5.41, 5.74) is 2.58. The van der Waals surface area contributed by atoms with Crippen molar-refractivity contribution in [2.45, 2.75) is 26.1 Å². The summed E-state index contributed by atoms with van der Waals surface area (Å²) >= 11 is 4.63. The van der Waals surface area contributed by atoms with Gasteiger partial charge in [0.2, 0.25) is 0 Å². The van der Waals surface area contributed by atoms with Crippen LogP contribution in [0.1, 0.15) is 5.56 Å². The zero-order valence-corrected chi connectivity index (χ0v) is 14.3. The van der Waals surface area contributed by atoms with Gasteiger partial charge in [-0.15, -0.1) is 0 Å². The molecular weight excluding hydrogens is 284 g/mol. The molecule has 5 heteroatoms. The molecule has 0 spiro atoms. The Kier molecular flexibility index (Phi) is 4.43. The van der Waals surface area contributed by atoms with E-state index in [-0.39, 0.29) is 0 Å². The van der Waals surface area contributed by atoms with Gasteiger partial charge in [-0.3, -0.25) is 0 Å². The highest BCUT2D eigenvalue weighted by Gasteiger charge is 2.20. The molecule has 0 N–H and O–H groups in total. The van der Waals surface area contributed by atoms with E-state index in [1.54, 1.807) is 7.11 Å². The number of fused-ring (bicyclic) bond motifs is 1. The summed E-state index contributed by atoms with van der Waals surface area (Å²) in [6.07, 6.45) is 3.15. The number of rotatable bonds is 5. The van der Waals surface area contributed by atoms with E-state index >= 15 is 0 Å². The predicted molar refractivity (Wildman–Crippen MR) is 90.8 cm³/mol. The summed E-state index contributed by atoms with van der Waals surface area (Å²) in [4.78, 5) is 4.02. The lowest BCUT2D eigenvalue weighted by Gasteiger charge is -2.20. The number of benzene rings is 1. The minimum atomic E-state index is -1.44. The molecule has 0 aliphatic carbocycles. The van der Waals surface area contributed by atoms with Crippen LogP contribution in [0.25, 0.3) is 10.9 Å². The molecule has 3 nitrogen and oxygen atoms in total. The summed E-state index contributed by atoms with van der Waals surface area (Å²) in [6, 6.07) is 6.29. The van der Waals surface area contributed by atoms with E-state index in [2.05, 4.69) is 64.6 Å². The Labute approximate surface area is 126 Å². The number of ether oxygens (including phenoxy) is 1. The van der Waals surface area contributed by atoms with E-state index in [9.17, 15) is 0 Å². The molecule has 2 aromatic rings. The molecule has 0 bridgehead atoms. The maximum absolute atomic E-state index is 5.35. The number of methoxy groups -OCH3 is 1. The van der Waals surface area contributed by atoms with E-state index in [1.165, 1.54) is 16.5 Å². The zero-order valence-electron chi connectivity index (χ0n) is 12.4. The fraction of sp³-hybridized carbons (Fsp3) is 0.400. The Morgan fingerprint density at radius 3 is 2.70 bits per heavy atom. The number of hydrogen-bond donors (Lipinski definition) is 0. The van der Waals surface area contributed by atoms with Crippen molar-refractivity contribution in [3.05, 3.63) is 30.0 Å². The lowest BCUT2D eigenvalue weighted by Crippen LogP contribution is -2.31. The van der Waals surface area contributed by atoms with Gasteiger partial charge in [-0.1, -0.05) is 19.6 Å². The quantitative estimate of drug-likeness (QED) is 0.474. The molecule has 0 saturated carbocycles. The third-order valence-corrected chi connectivity index (χ3v) is 5.32.